The molecule has 1 fully saturated rings. The van der Waals surface area contributed by atoms with Gasteiger partial charge in [0.05, 0.1) is 20.1 Å². The lowest BCUT2D eigenvalue weighted by Crippen LogP contribution is -2.51. The highest BCUT2D eigenvalue weighted by atomic mass is 16.5. The van der Waals surface area contributed by atoms with Crippen molar-refractivity contribution >= 4 is 22.7 Å². The molecule has 1 aliphatic rings. The average Bonchev–Trinajstić information content (AvgIpc) is 3.21. The zero-order valence-electron chi connectivity index (χ0n) is 17.8. The van der Waals surface area contributed by atoms with E-state index in [1.165, 1.54) is 0 Å². The predicted octanol–water partition coefficient (Wildman–Crippen LogP) is 2.18. The number of nitrogens with one attached hydrogen (secondary N) is 2. The van der Waals surface area contributed by atoms with Crippen molar-refractivity contribution in [1.82, 2.24) is 20.1 Å². The quantitative estimate of drug-likeness (QED) is 0.614. The summed E-state index contributed by atoms with van der Waals surface area (Å²) in [6.45, 7) is 3.50. The Morgan fingerprint density at radius 3 is 2.68 bits per heavy atom. The van der Waals surface area contributed by atoms with Gasteiger partial charge in [0.15, 0.2) is 0 Å². The van der Waals surface area contributed by atoms with Crippen LogP contribution in [-0.4, -0.2) is 66.4 Å². The summed E-state index contributed by atoms with van der Waals surface area (Å²) in [5.74, 6) is 0.897. The number of methoxy groups -OCH3 is 1. The molecule has 31 heavy (non-hydrogen) atoms. The van der Waals surface area contributed by atoms with Gasteiger partial charge in [0, 0.05) is 49.8 Å². The van der Waals surface area contributed by atoms with Crippen molar-refractivity contribution in [3.05, 3.63) is 65.9 Å². The van der Waals surface area contributed by atoms with Crippen LogP contribution >= 0.6 is 0 Å². The number of fused-ring (bicyclic) bond motifs is 1. The molecule has 7 heteroatoms. The number of nitrogens with zero attached hydrogens (tertiary/aromatic N) is 2. The van der Waals surface area contributed by atoms with Crippen molar-refractivity contribution in [1.29, 1.82) is 0 Å². The van der Waals surface area contributed by atoms with Gasteiger partial charge in [0.25, 0.3) is 0 Å². The highest BCUT2D eigenvalue weighted by Crippen LogP contribution is 2.19. The Labute approximate surface area is 182 Å². The van der Waals surface area contributed by atoms with Gasteiger partial charge >= 0.3 is 0 Å². The minimum Gasteiger partial charge on any atom is -0.497 e. The van der Waals surface area contributed by atoms with E-state index in [1.807, 2.05) is 59.6 Å². The van der Waals surface area contributed by atoms with E-state index in [9.17, 15) is 9.59 Å². The number of benzene rings is 2. The third-order valence-corrected chi connectivity index (χ3v) is 5.73. The molecule has 7 nitrogen and oxygen atoms in total. The van der Waals surface area contributed by atoms with Crippen LogP contribution in [0.4, 0.5) is 0 Å². The number of carbonyl (C=O) groups excluding carboxylic acids is 2. The molecule has 0 saturated carbocycles. The topological polar surface area (TPSA) is 77.7 Å². The molecule has 1 aliphatic heterocycles. The Hall–Kier alpha value is -3.32. The molecule has 2 heterocycles. The molecule has 0 bridgehead atoms. The van der Waals surface area contributed by atoms with Crippen LogP contribution in [0.5, 0.6) is 5.75 Å². The zero-order chi connectivity index (χ0) is 21.6. The largest absolute Gasteiger partial charge is 0.497 e. The maximum Gasteiger partial charge on any atom is 0.234 e. The van der Waals surface area contributed by atoms with Gasteiger partial charge in [0.1, 0.15) is 5.75 Å². The fourth-order valence-corrected chi connectivity index (χ4v) is 3.95. The smallest absolute Gasteiger partial charge is 0.234 e. The van der Waals surface area contributed by atoms with Crippen molar-refractivity contribution in [3.8, 4) is 5.75 Å². The van der Waals surface area contributed by atoms with Crippen molar-refractivity contribution in [2.24, 2.45) is 0 Å². The van der Waals surface area contributed by atoms with Gasteiger partial charge in [-0.2, -0.15) is 0 Å². The van der Waals surface area contributed by atoms with Crippen LogP contribution in [0.25, 0.3) is 10.9 Å². The number of ether oxygens (including phenoxy) is 1. The molecule has 4 rings (SSSR count). The fourth-order valence-electron chi connectivity index (χ4n) is 3.95. The van der Waals surface area contributed by atoms with E-state index < -0.39 is 0 Å². The summed E-state index contributed by atoms with van der Waals surface area (Å²) in [6, 6.07) is 15.7. The molecule has 162 valence electrons. The lowest BCUT2D eigenvalue weighted by Gasteiger charge is -2.34. The molecule has 3 aromatic rings. The van der Waals surface area contributed by atoms with E-state index in [4.69, 9.17) is 4.74 Å². The number of carbonyl (C=O) groups is 2. The van der Waals surface area contributed by atoms with Crippen LogP contribution in [0.3, 0.4) is 0 Å². The Morgan fingerprint density at radius 1 is 1.06 bits per heavy atom. The number of rotatable bonds is 7. The van der Waals surface area contributed by atoms with Crippen LogP contribution in [-0.2, 0) is 22.6 Å². The lowest BCUT2D eigenvalue weighted by atomic mass is 10.1. The van der Waals surface area contributed by atoms with Crippen LogP contribution in [0.15, 0.2) is 54.7 Å². The summed E-state index contributed by atoms with van der Waals surface area (Å²) >= 11 is 0. The van der Waals surface area contributed by atoms with Gasteiger partial charge in [-0.1, -0.05) is 30.3 Å². The minimum atomic E-state index is -0.0126. The first kappa shape index (κ1) is 20.9. The van der Waals surface area contributed by atoms with Crippen molar-refractivity contribution in [2.45, 2.75) is 13.0 Å². The van der Waals surface area contributed by atoms with Gasteiger partial charge < -0.3 is 19.9 Å². The van der Waals surface area contributed by atoms with Gasteiger partial charge in [-0.3, -0.25) is 14.5 Å². The predicted molar refractivity (Wildman–Crippen MR) is 120 cm³/mol. The Bertz CT molecular complexity index is 1050. The molecule has 0 atom stereocenters. The second-order valence-corrected chi connectivity index (χ2v) is 7.82. The number of aromatic amines is 1. The molecule has 0 unspecified atom stereocenters. The third-order valence-electron chi connectivity index (χ3n) is 5.73. The highest BCUT2D eigenvalue weighted by molar-refractivity contribution is 5.89. The normalized spacial score (nSPS) is 14.5. The highest BCUT2D eigenvalue weighted by Gasteiger charge is 2.23. The molecule has 0 aliphatic carbocycles. The molecule has 2 aromatic carbocycles. The maximum atomic E-state index is 12.8. The lowest BCUT2D eigenvalue weighted by molar-refractivity contribution is -0.132. The summed E-state index contributed by atoms with van der Waals surface area (Å²) < 4.78 is 5.21. The zero-order valence-corrected chi connectivity index (χ0v) is 17.8. The van der Waals surface area contributed by atoms with Crippen molar-refractivity contribution in [2.75, 3.05) is 39.8 Å². The van der Waals surface area contributed by atoms with Crippen LogP contribution in [0.1, 0.15) is 11.1 Å². The molecule has 2 N–H and O–H groups in total. The van der Waals surface area contributed by atoms with Crippen LogP contribution in [0.2, 0.25) is 0 Å². The summed E-state index contributed by atoms with van der Waals surface area (Å²) in [4.78, 5) is 32.3. The Balaban J connectivity index is 1.22. The van der Waals surface area contributed by atoms with Gasteiger partial charge in [-0.05, 0) is 29.3 Å². The number of hydrogen-bond donors (Lipinski definition) is 2. The maximum absolute atomic E-state index is 12.8. The van der Waals surface area contributed by atoms with E-state index in [-0.39, 0.29) is 11.8 Å². The molecule has 0 spiro atoms. The number of H-pyrrole nitrogens is 1. The fraction of sp³-hybridized carbons (Fsp3) is 0.333. The second kappa shape index (κ2) is 9.66. The number of aromatic nitrogens is 1. The number of hydrogen-bond acceptors (Lipinski definition) is 4. The van der Waals surface area contributed by atoms with E-state index >= 15 is 0 Å². The number of amides is 2. The molecule has 0 radical (unpaired) electrons. The van der Waals surface area contributed by atoms with E-state index in [1.54, 1.807) is 7.11 Å². The first-order chi connectivity index (χ1) is 15.1. The second-order valence-electron chi connectivity index (χ2n) is 7.82. The summed E-state index contributed by atoms with van der Waals surface area (Å²) in [7, 11) is 1.63. The van der Waals surface area contributed by atoms with Crippen molar-refractivity contribution in [3.63, 3.8) is 0 Å². The summed E-state index contributed by atoms with van der Waals surface area (Å²) in [5.41, 5.74) is 3.08. The molecular formula is C24H28N4O3. The first-order valence-electron chi connectivity index (χ1n) is 10.6. The van der Waals surface area contributed by atoms with Gasteiger partial charge in [-0.15, -0.1) is 0 Å². The summed E-state index contributed by atoms with van der Waals surface area (Å²) in [5, 5.41) is 4.06. The minimum absolute atomic E-state index is 0.0126. The van der Waals surface area contributed by atoms with Crippen LogP contribution in [0, 0.1) is 0 Å². The Morgan fingerprint density at radius 2 is 1.87 bits per heavy atom. The molecular weight excluding hydrogens is 392 g/mol. The average molecular weight is 421 g/mol. The van der Waals surface area contributed by atoms with Crippen molar-refractivity contribution < 1.29 is 14.3 Å². The molecule has 1 aromatic heterocycles. The van der Waals surface area contributed by atoms with Gasteiger partial charge in [0.2, 0.25) is 11.8 Å². The Kier molecular flexibility index (Phi) is 6.52. The molecule has 1 saturated heterocycles. The standard InChI is InChI=1S/C24H28N4O3/c1-31-20-6-4-5-18(13-20)15-26-23(29)17-27-9-11-28(12-10-27)24(30)14-19-16-25-22-8-3-2-7-21(19)22/h2-8,13,16,25H,9-12,14-15,17H2,1H3,(H,26,29). The monoisotopic (exact) mass is 420 g/mol. The summed E-state index contributed by atoms with van der Waals surface area (Å²) in [6.07, 6.45) is 2.32. The van der Waals surface area contributed by atoms with Crippen LogP contribution < -0.4 is 10.1 Å². The number of piperazine rings is 1. The first-order valence-corrected chi connectivity index (χ1v) is 10.6. The van der Waals surface area contributed by atoms with E-state index in [2.05, 4.69) is 15.2 Å². The number of para-hydroxylation sites is 1. The van der Waals surface area contributed by atoms with E-state index in [0.29, 0.717) is 45.7 Å². The SMILES string of the molecule is COc1cccc(CNC(=O)CN2CCN(C(=O)Cc3c[nH]c4ccccc34)CC2)c1. The van der Waals surface area contributed by atoms with E-state index in [0.717, 1.165) is 27.8 Å². The third kappa shape index (κ3) is 5.24. The molecule has 2 amide bonds. The van der Waals surface area contributed by atoms with Gasteiger partial charge in [-0.25, -0.2) is 0 Å².